The third-order valence-electron chi connectivity index (χ3n) is 3.98. The molecular formula is C14H23N3O. The predicted molar refractivity (Wildman–Crippen MR) is 71.4 cm³/mol. The summed E-state index contributed by atoms with van der Waals surface area (Å²) in [7, 11) is 1.93. The molecule has 1 unspecified atom stereocenters. The van der Waals surface area contributed by atoms with Crippen molar-refractivity contribution in [3.05, 3.63) is 18.0 Å². The first-order valence-electron chi connectivity index (χ1n) is 6.93. The Bertz CT molecular complexity index is 405. The highest BCUT2D eigenvalue weighted by Crippen LogP contribution is 2.27. The van der Waals surface area contributed by atoms with Gasteiger partial charge in [-0.05, 0) is 38.3 Å². The molecule has 0 bridgehead atoms. The Hall–Kier alpha value is -1.16. The SMILES string of the molecule is CCCC1(C(=O)CCc2ccnn2C)CCCN1. The minimum atomic E-state index is -0.229. The molecule has 2 rings (SSSR count). The highest BCUT2D eigenvalue weighted by Gasteiger charge is 2.38. The molecule has 0 amide bonds. The minimum absolute atomic E-state index is 0.229. The molecule has 1 atom stereocenters. The quantitative estimate of drug-likeness (QED) is 0.837. The van der Waals surface area contributed by atoms with Gasteiger partial charge in [-0.3, -0.25) is 9.48 Å². The second kappa shape index (κ2) is 5.65. The molecule has 18 heavy (non-hydrogen) atoms. The van der Waals surface area contributed by atoms with E-state index in [0.717, 1.165) is 44.3 Å². The van der Waals surface area contributed by atoms with E-state index in [1.54, 1.807) is 6.20 Å². The van der Waals surface area contributed by atoms with Crippen LogP contribution in [0.3, 0.4) is 0 Å². The summed E-state index contributed by atoms with van der Waals surface area (Å²) in [6.45, 7) is 3.13. The second-order valence-electron chi connectivity index (χ2n) is 5.23. The van der Waals surface area contributed by atoms with Crippen molar-refractivity contribution in [3.8, 4) is 0 Å². The molecule has 0 radical (unpaired) electrons. The number of hydrogen-bond acceptors (Lipinski definition) is 3. The molecule has 2 heterocycles. The molecule has 4 heteroatoms. The van der Waals surface area contributed by atoms with Crippen molar-refractivity contribution in [1.82, 2.24) is 15.1 Å². The van der Waals surface area contributed by atoms with Crippen molar-refractivity contribution in [1.29, 1.82) is 0 Å². The first-order chi connectivity index (χ1) is 8.68. The molecule has 1 aliphatic heterocycles. The number of Topliss-reactive ketones (excluding diaryl/α,β-unsaturated/α-hetero) is 1. The van der Waals surface area contributed by atoms with Crippen LogP contribution in [0, 0.1) is 0 Å². The topological polar surface area (TPSA) is 46.9 Å². The van der Waals surface area contributed by atoms with Crippen molar-refractivity contribution in [2.75, 3.05) is 6.54 Å². The largest absolute Gasteiger partial charge is 0.305 e. The summed E-state index contributed by atoms with van der Waals surface area (Å²) < 4.78 is 1.85. The smallest absolute Gasteiger partial charge is 0.153 e. The summed E-state index contributed by atoms with van der Waals surface area (Å²) in [5.74, 6) is 0.378. The van der Waals surface area contributed by atoms with E-state index in [4.69, 9.17) is 0 Å². The molecule has 1 aromatic heterocycles. The van der Waals surface area contributed by atoms with E-state index in [2.05, 4.69) is 17.3 Å². The van der Waals surface area contributed by atoms with Gasteiger partial charge in [0, 0.05) is 25.4 Å². The third-order valence-corrected chi connectivity index (χ3v) is 3.98. The van der Waals surface area contributed by atoms with Crippen LogP contribution in [0.1, 0.15) is 44.7 Å². The van der Waals surface area contributed by atoms with E-state index < -0.39 is 0 Å². The molecular weight excluding hydrogens is 226 g/mol. The molecule has 1 aromatic rings. The summed E-state index contributed by atoms with van der Waals surface area (Å²) in [6, 6.07) is 1.99. The van der Waals surface area contributed by atoms with Gasteiger partial charge in [-0.15, -0.1) is 0 Å². The maximum atomic E-state index is 12.5. The monoisotopic (exact) mass is 249 g/mol. The third kappa shape index (κ3) is 2.64. The maximum absolute atomic E-state index is 12.5. The number of hydrogen-bond donors (Lipinski definition) is 1. The van der Waals surface area contributed by atoms with Gasteiger partial charge in [0.05, 0.1) is 5.54 Å². The Morgan fingerprint density at radius 3 is 3.00 bits per heavy atom. The number of rotatable bonds is 6. The van der Waals surface area contributed by atoms with E-state index in [0.29, 0.717) is 12.2 Å². The Balaban J connectivity index is 1.96. The van der Waals surface area contributed by atoms with Gasteiger partial charge in [0.15, 0.2) is 5.78 Å². The van der Waals surface area contributed by atoms with E-state index in [9.17, 15) is 4.79 Å². The number of carbonyl (C=O) groups is 1. The Morgan fingerprint density at radius 1 is 1.61 bits per heavy atom. The lowest BCUT2D eigenvalue weighted by Crippen LogP contribution is -2.47. The number of carbonyl (C=O) groups excluding carboxylic acids is 1. The number of aryl methyl sites for hydroxylation is 2. The minimum Gasteiger partial charge on any atom is -0.305 e. The molecule has 1 N–H and O–H groups in total. The number of ketones is 1. The van der Waals surface area contributed by atoms with Gasteiger partial charge in [-0.1, -0.05) is 13.3 Å². The maximum Gasteiger partial charge on any atom is 0.153 e. The first kappa shape index (κ1) is 13.3. The van der Waals surface area contributed by atoms with Crippen LogP contribution in [0.15, 0.2) is 12.3 Å². The molecule has 0 aliphatic carbocycles. The van der Waals surface area contributed by atoms with Crippen LogP contribution in [0.4, 0.5) is 0 Å². The lowest BCUT2D eigenvalue weighted by atomic mass is 9.85. The average Bonchev–Trinajstić information content (AvgIpc) is 2.97. The lowest BCUT2D eigenvalue weighted by Gasteiger charge is -2.27. The summed E-state index contributed by atoms with van der Waals surface area (Å²) in [4.78, 5) is 12.5. The summed E-state index contributed by atoms with van der Waals surface area (Å²) in [5.41, 5.74) is 0.904. The Kier molecular flexibility index (Phi) is 4.17. The molecule has 0 spiro atoms. The second-order valence-corrected chi connectivity index (χ2v) is 5.23. The molecule has 1 saturated heterocycles. The molecule has 1 aliphatic rings. The fourth-order valence-electron chi connectivity index (χ4n) is 2.95. The summed E-state index contributed by atoms with van der Waals surface area (Å²) in [6.07, 6.45) is 7.36. The van der Waals surface area contributed by atoms with E-state index >= 15 is 0 Å². The van der Waals surface area contributed by atoms with Crippen LogP contribution in [-0.4, -0.2) is 27.6 Å². The molecule has 1 fully saturated rings. The average molecular weight is 249 g/mol. The van der Waals surface area contributed by atoms with Gasteiger partial charge in [0.25, 0.3) is 0 Å². The van der Waals surface area contributed by atoms with Gasteiger partial charge in [-0.25, -0.2) is 0 Å². The summed E-state index contributed by atoms with van der Waals surface area (Å²) >= 11 is 0. The normalized spacial score (nSPS) is 23.4. The van der Waals surface area contributed by atoms with Crippen molar-refractivity contribution >= 4 is 5.78 Å². The van der Waals surface area contributed by atoms with Crippen LogP contribution < -0.4 is 5.32 Å². The standard InChI is InChI=1S/C14H23N3O/c1-3-8-14(9-4-10-15-14)13(18)6-5-12-7-11-16-17(12)2/h7,11,15H,3-6,8-10H2,1-2H3. The Labute approximate surface area is 109 Å². The van der Waals surface area contributed by atoms with Gasteiger partial charge in [0.1, 0.15) is 0 Å². The molecule has 100 valence electrons. The van der Waals surface area contributed by atoms with Crippen LogP contribution in [0.25, 0.3) is 0 Å². The zero-order valence-corrected chi connectivity index (χ0v) is 11.4. The van der Waals surface area contributed by atoms with Gasteiger partial charge >= 0.3 is 0 Å². The Morgan fingerprint density at radius 2 is 2.44 bits per heavy atom. The van der Waals surface area contributed by atoms with Crippen LogP contribution in [0.2, 0.25) is 0 Å². The predicted octanol–water partition coefficient (Wildman–Crippen LogP) is 1.84. The van der Waals surface area contributed by atoms with E-state index in [1.165, 1.54) is 0 Å². The van der Waals surface area contributed by atoms with Crippen LogP contribution in [0.5, 0.6) is 0 Å². The van der Waals surface area contributed by atoms with Crippen LogP contribution >= 0.6 is 0 Å². The number of nitrogens with one attached hydrogen (secondary N) is 1. The van der Waals surface area contributed by atoms with Crippen molar-refractivity contribution in [2.45, 2.75) is 51.0 Å². The highest BCUT2D eigenvalue weighted by atomic mass is 16.1. The van der Waals surface area contributed by atoms with Crippen molar-refractivity contribution in [2.24, 2.45) is 7.05 Å². The summed E-state index contributed by atoms with van der Waals surface area (Å²) in [5, 5.41) is 7.58. The first-order valence-corrected chi connectivity index (χ1v) is 6.93. The lowest BCUT2D eigenvalue weighted by molar-refractivity contribution is -0.125. The fourth-order valence-corrected chi connectivity index (χ4v) is 2.95. The highest BCUT2D eigenvalue weighted by molar-refractivity contribution is 5.88. The van der Waals surface area contributed by atoms with Gasteiger partial charge in [0.2, 0.25) is 0 Å². The zero-order chi connectivity index (χ0) is 13.0. The van der Waals surface area contributed by atoms with Crippen molar-refractivity contribution < 1.29 is 4.79 Å². The van der Waals surface area contributed by atoms with Gasteiger partial charge < -0.3 is 5.32 Å². The van der Waals surface area contributed by atoms with E-state index in [-0.39, 0.29) is 5.54 Å². The van der Waals surface area contributed by atoms with E-state index in [1.807, 2.05) is 17.8 Å². The molecule has 0 saturated carbocycles. The zero-order valence-electron chi connectivity index (χ0n) is 11.4. The van der Waals surface area contributed by atoms with Crippen LogP contribution in [-0.2, 0) is 18.3 Å². The van der Waals surface area contributed by atoms with Gasteiger partial charge in [-0.2, -0.15) is 5.10 Å². The molecule has 4 nitrogen and oxygen atoms in total. The number of nitrogens with zero attached hydrogens (tertiary/aromatic N) is 2. The van der Waals surface area contributed by atoms with Crippen molar-refractivity contribution in [3.63, 3.8) is 0 Å². The number of aromatic nitrogens is 2. The fraction of sp³-hybridized carbons (Fsp3) is 0.714. The molecule has 0 aromatic carbocycles.